The van der Waals surface area contributed by atoms with E-state index in [1.54, 1.807) is 4.68 Å². The molecule has 0 atom stereocenters. The minimum Gasteiger partial charge on any atom is -0.394 e. The largest absolute Gasteiger partial charge is 0.394 e. The summed E-state index contributed by atoms with van der Waals surface area (Å²) < 4.78 is 1.66. The molecule has 0 aliphatic heterocycles. The van der Waals surface area contributed by atoms with Crippen LogP contribution < -0.4 is 5.32 Å². The number of aliphatic hydroxyl groups excluding tert-OH is 1. The van der Waals surface area contributed by atoms with Crippen LogP contribution in [0.4, 0.5) is 5.82 Å². The van der Waals surface area contributed by atoms with Crippen molar-refractivity contribution in [2.45, 2.75) is 39.2 Å². The zero-order valence-corrected chi connectivity index (χ0v) is 13.5. The molecule has 0 radical (unpaired) electrons. The van der Waals surface area contributed by atoms with E-state index in [9.17, 15) is 9.90 Å². The van der Waals surface area contributed by atoms with Crippen molar-refractivity contribution in [3.05, 3.63) is 35.9 Å². The van der Waals surface area contributed by atoms with E-state index >= 15 is 0 Å². The van der Waals surface area contributed by atoms with Gasteiger partial charge in [-0.1, -0.05) is 37.6 Å². The van der Waals surface area contributed by atoms with Crippen molar-refractivity contribution in [3.63, 3.8) is 0 Å². The minimum atomic E-state index is -0.0111. The fourth-order valence-electron chi connectivity index (χ4n) is 2.63. The van der Waals surface area contributed by atoms with Crippen molar-refractivity contribution in [2.24, 2.45) is 5.92 Å². The van der Waals surface area contributed by atoms with Gasteiger partial charge >= 0.3 is 0 Å². The Labute approximate surface area is 136 Å². The molecule has 0 saturated heterocycles. The lowest BCUT2D eigenvalue weighted by molar-refractivity contribution is -0.117. The lowest BCUT2D eigenvalue weighted by Crippen LogP contribution is -2.17. The van der Waals surface area contributed by atoms with Crippen LogP contribution in [0.3, 0.4) is 0 Å². The molecule has 1 fully saturated rings. The Bertz CT molecular complexity index is 672. The Morgan fingerprint density at radius 3 is 2.70 bits per heavy atom. The highest BCUT2D eigenvalue weighted by molar-refractivity contribution is 5.93. The van der Waals surface area contributed by atoms with E-state index in [1.165, 1.54) is 5.56 Å². The van der Waals surface area contributed by atoms with Crippen LogP contribution in [0.1, 0.15) is 31.7 Å². The molecule has 1 aromatic carbocycles. The number of anilines is 1. The summed E-state index contributed by atoms with van der Waals surface area (Å²) >= 11 is 0. The first-order valence-electron chi connectivity index (χ1n) is 8.30. The molecule has 1 saturated carbocycles. The highest BCUT2D eigenvalue weighted by Gasteiger charge is 2.30. The number of aryl methyl sites for hydroxylation is 1. The van der Waals surface area contributed by atoms with E-state index in [1.807, 2.05) is 6.07 Å². The number of nitrogens with one attached hydrogen (secondary N) is 1. The number of hydrogen-bond acceptors (Lipinski definition) is 3. The van der Waals surface area contributed by atoms with Crippen molar-refractivity contribution in [3.8, 4) is 11.3 Å². The van der Waals surface area contributed by atoms with Gasteiger partial charge in [-0.05, 0) is 24.8 Å². The number of aliphatic hydroxyl groups is 1. The number of nitrogens with zero attached hydrogens (tertiary/aromatic N) is 2. The second kappa shape index (κ2) is 6.96. The zero-order valence-electron chi connectivity index (χ0n) is 13.5. The molecule has 1 aromatic heterocycles. The number of carbonyl (C=O) groups is 1. The van der Waals surface area contributed by atoms with Crippen molar-refractivity contribution in [1.29, 1.82) is 0 Å². The number of amides is 1. The fraction of sp³-hybridized carbons (Fsp3) is 0.444. The van der Waals surface area contributed by atoms with Gasteiger partial charge in [-0.15, -0.1) is 0 Å². The molecule has 0 spiro atoms. The third kappa shape index (κ3) is 3.79. The van der Waals surface area contributed by atoms with E-state index in [2.05, 4.69) is 41.6 Å². The Morgan fingerprint density at radius 2 is 2.09 bits per heavy atom. The molecule has 1 aliphatic carbocycles. The third-order valence-electron chi connectivity index (χ3n) is 4.08. The summed E-state index contributed by atoms with van der Waals surface area (Å²) in [5.41, 5.74) is 3.14. The highest BCUT2D eigenvalue weighted by atomic mass is 16.3. The lowest BCUT2D eigenvalue weighted by atomic mass is 10.1. The third-order valence-corrected chi connectivity index (χ3v) is 4.08. The van der Waals surface area contributed by atoms with Crippen molar-refractivity contribution < 1.29 is 9.90 Å². The van der Waals surface area contributed by atoms with Crippen LogP contribution in [0.15, 0.2) is 30.3 Å². The first-order chi connectivity index (χ1) is 11.2. The predicted molar refractivity (Wildman–Crippen MR) is 90.1 cm³/mol. The van der Waals surface area contributed by atoms with Gasteiger partial charge in [-0.2, -0.15) is 5.10 Å². The summed E-state index contributed by atoms with van der Waals surface area (Å²) in [6.45, 7) is 2.52. The van der Waals surface area contributed by atoms with Crippen LogP contribution in [0, 0.1) is 5.92 Å². The molecular weight excluding hydrogens is 290 g/mol. The molecule has 3 rings (SSSR count). The molecule has 23 heavy (non-hydrogen) atoms. The first-order valence-corrected chi connectivity index (χ1v) is 8.30. The van der Waals surface area contributed by atoms with Gasteiger partial charge < -0.3 is 10.4 Å². The van der Waals surface area contributed by atoms with E-state index in [-0.39, 0.29) is 18.4 Å². The van der Waals surface area contributed by atoms with E-state index in [0.29, 0.717) is 12.4 Å². The normalized spacial score (nSPS) is 14.0. The molecule has 0 bridgehead atoms. The summed E-state index contributed by atoms with van der Waals surface area (Å²) in [6, 6.07) is 10.2. The molecule has 1 amide bonds. The monoisotopic (exact) mass is 313 g/mol. The van der Waals surface area contributed by atoms with Gasteiger partial charge in [0, 0.05) is 17.5 Å². The molecule has 0 unspecified atom stereocenters. The summed E-state index contributed by atoms with van der Waals surface area (Å²) in [7, 11) is 0. The maximum atomic E-state index is 12.0. The van der Waals surface area contributed by atoms with E-state index in [4.69, 9.17) is 0 Å². The van der Waals surface area contributed by atoms with Crippen LogP contribution in [-0.2, 0) is 17.8 Å². The second-order valence-electron chi connectivity index (χ2n) is 6.07. The Morgan fingerprint density at radius 1 is 1.35 bits per heavy atom. The maximum Gasteiger partial charge on any atom is 0.228 e. The van der Waals surface area contributed by atoms with Gasteiger partial charge in [-0.25, -0.2) is 4.68 Å². The number of aromatic nitrogens is 2. The molecule has 5 nitrogen and oxygen atoms in total. The number of hydrogen-bond donors (Lipinski definition) is 2. The molecule has 5 heteroatoms. The van der Waals surface area contributed by atoms with Gasteiger partial charge in [0.1, 0.15) is 5.82 Å². The topological polar surface area (TPSA) is 67.2 Å². The first kappa shape index (κ1) is 15.7. The second-order valence-corrected chi connectivity index (χ2v) is 6.07. The molecule has 1 aliphatic rings. The van der Waals surface area contributed by atoms with Gasteiger partial charge in [0.05, 0.1) is 18.8 Å². The quantitative estimate of drug-likeness (QED) is 0.826. The summed E-state index contributed by atoms with van der Waals surface area (Å²) in [5, 5.41) is 16.7. The van der Waals surface area contributed by atoms with Crippen molar-refractivity contribution in [2.75, 3.05) is 11.9 Å². The highest BCUT2D eigenvalue weighted by Crippen LogP contribution is 2.31. The number of rotatable bonds is 7. The molecule has 1 heterocycles. The van der Waals surface area contributed by atoms with Gasteiger partial charge in [-0.3, -0.25) is 4.79 Å². The standard InChI is InChI=1S/C18H23N3O2/c1-2-3-13-4-6-14(7-5-13)16-12-17(21(20-16)10-11-22)19-18(23)15-8-9-15/h4-7,12,15,22H,2-3,8-11H2,1H3,(H,19,23). The van der Waals surface area contributed by atoms with E-state index in [0.717, 1.165) is 36.9 Å². The number of benzene rings is 1. The lowest BCUT2D eigenvalue weighted by Gasteiger charge is -2.06. The van der Waals surface area contributed by atoms with Gasteiger partial charge in [0.25, 0.3) is 0 Å². The average Bonchev–Trinajstić information content (AvgIpc) is 3.33. The van der Waals surface area contributed by atoms with Crippen LogP contribution in [0.2, 0.25) is 0 Å². The minimum absolute atomic E-state index is 0.0111. The molecular formula is C18H23N3O2. The maximum absolute atomic E-state index is 12.0. The summed E-state index contributed by atoms with van der Waals surface area (Å²) in [5.74, 6) is 0.849. The van der Waals surface area contributed by atoms with Crippen LogP contribution in [0.25, 0.3) is 11.3 Å². The van der Waals surface area contributed by atoms with Crippen LogP contribution >= 0.6 is 0 Å². The SMILES string of the molecule is CCCc1ccc(-c2cc(NC(=O)C3CC3)n(CCO)n2)cc1. The van der Waals surface area contributed by atoms with Crippen molar-refractivity contribution >= 4 is 11.7 Å². The Hall–Kier alpha value is -2.14. The smallest absolute Gasteiger partial charge is 0.228 e. The fourth-order valence-corrected chi connectivity index (χ4v) is 2.63. The zero-order chi connectivity index (χ0) is 16.2. The van der Waals surface area contributed by atoms with Crippen LogP contribution in [0.5, 0.6) is 0 Å². The molecule has 2 aromatic rings. The summed E-state index contributed by atoms with van der Waals surface area (Å²) in [6.07, 6.45) is 4.13. The molecule has 122 valence electrons. The molecule has 2 N–H and O–H groups in total. The van der Waals surface area contributed by atoms with Gasteiger partial charge in [0.15, 0.2) is 0 Å². The van der Waals surface area contributed by atoms with Crippen LogP contribution in [-0.4, -0.2) is 27.4 Å². The number of carbonyl (C=O) groups excluding carboxylic acids is 1. The van der Waals surface area contributed by atoms with Crippen molar-refractivity contribution in [1.82, 2.24) is 9.78 Å². The average molecular weight is 313 g/mol. The Balaban J connectivity index is 1.82. The van der Waals surface area contributed by atoms with E-state index < -0.39 is 0 Å². The summed E-state index contributed by atoms with van der Waals surface area (Å²) in [4.78, 5) is 12.0. The predicted octanol–water partition coefficient (Wildman–Crippen LogP) is 2.84. The Kier molecular flexibility index (Phi) is 4.76. The van der Waals surface area contributed by atoms with Gasteiger partial charge in [0.2, 0.25) is 5.91 Å².